The Kier molecular flexibility index (Phi) is 7.49. The van der Waals surface area contributed by atoms with E-state index >= 15 is 0 Å². The average Bonchev–Trinajstić information content (AvgIpc) is 3.24. The van der Waals surface area contributed by atoms with Crippen LogP contribution in [0.1, 0.15) is 35.7 Å². The normalized spacial score (nSPS) is 16.5. The second-order valence-electron chi connectivity index (χ2n) is 6.77. The third kappa shape index (κ3) is 5.95. The van der Waals surface area contributed by atoms with Crippen LogP contribution in [0.25, 0.3) is 0 Å². The van der Waals surface area contributed by atoms with E-state index in [9.17, 15) is 4.79 Å². The molecule has 154 valence electrons. The summed E-state index contributed by atoms with van der Waals surface area (Å²) in [6, 6.07) is 12.6. The summed E-state index contributed by atoms with van der Waals surface area (Å²) in [5.74, 6) is 0.833. The van der Waals surface area contributed by atoms with E-state index in [0.717, 1.165) is 36.4 Å². The van der Waals surface area contributed by atoms with E-state index < -0.39 is 0 Å². The van der Waals surface area contributed by atoms with Gasteiger partial charge in [-0.25, -0.2) is 4.99 Å². The number of aliphatic imine (C=N–C) groups is 1. The lowest BCUT2D eigenvalue weighted by Gasteiger charge is -2.15. The fraction of sp³-hybridized carbons (Fsp3) is 0.364. The van der Waals surface area contributed by atoms with Crippen molar-refractivity contribution in [3.8, 4) is 5.75 Å². The van der Waals surface area contributed by atoms with Gasteiger partial charge in [-0.2, -0.15) is 0 Å². The van der Waals surface area contributed by atoms with Crippen molar-refractivity contribution in [2.24, 2.45) is 4.99 Å². The van der Waals surface area contributed by atoms with Gasteiger partial charge in [-0.1, -0.05) is 17.7 Å². The summed E-state index contributed by atoms with van der Waals surface area (Å²) in [4.78, 5) is 17.3. The fourth-order valence-corrected chi connectivity index (χ4v) is 3.19. The van der Waals surface area contributed by atoms with Gasteiger partial charge in [-0.15, -0.1) is 0 Å². The molecule has 1 aliphatic rings. The van der Waals surface area contributed by atoms with Crippen LogP contribution in [-0.4, -0.2) is 37.7 Å². The van der Waals surface area contributed by atoms with Crippen molar-refractivity contribution >= 4 is 29.2 Å². The molecule has 0 aromatic heterocycles. The Morgan fingerprint density at radius 1 is 1.28 bits per heavy atom. The first-order chi connectivity index (χ1) is 14.1. The van der Waals surface area contributed by atoms with Gasteiger partial charge in [0.05, 0.1) is 19.3 Å². The molecule has 6 nitrogen and oxygen atoms in total. The van der Waals surface area contributed by atoms with Crippen molar-refractivity contribution < 1.29 is 14.3 Å². The SMILES string of the molecule is CCOc1ccc(C(=O)NC(=NCC2CCCO2)Nc2cccc(Cl)c2C)cc1. The van der Waals surface area contributed by atoms with Crippen molar-refractivity contribution in [2.45, 2.75) is 32.8 Å². The first-order valence-corrected chi connectivity index (χ1v) is 10.2. The maximum atomic E-state index is 12.7. The molecule has 3 rings (SSSR count). The molecule has 2 aromatic carbocycles. The molecule has 0 aliphatic carbocycles. The highest BCUT2D eigenvalue weighted by Gasteiger charge is 2.16. The number of carbonyl (C=O) groups excluding carboxylic acids is 1. The first-order valence-electron chi connectivity index (χ1n) is 9.79. The third-order valence-electron chi connectivity index (χ3n) is 4.66. The minimum atomic E-state index is -0.258. The van der Waals surface area contributed by atoms with Crippen molar-refractivity contribution in [3.05, 3.63) is 58.6 Å². The molecule has 1 aliphatic heterocycles. The molecule has 29 heavy (non-hydrogen) atoms. The zero-order chi connectivity index (χ0) is 20.6. The van der Waals surface area contributed by atoms with Gasteiger partial charge >= 0.3 is 0 Å². The van der Waals surface area contributed by atoms with E-state index in [2.05, 4.69) is 15.6 Å². The fourth-order valence-electron chi connectivity index (χ4n) is 3.01. The Morgan fingerprint density at radius 3 is 2.76 bits per heavy atom. The number of carbonyl (C=O) groups is 1. The van der Waals surface area contributed by atoms with Gasteiger partial charge in [0.2, 0.25) is 5.96 Å². The van der Waals surface area contributed by atoms with Crippen LogP contribution in [-0.2, 0) is 4.74 Å². The van der Waals surface area contributed by atoms with Crippen LogP contribution in [0.5, 0.6) is 5.75 Å². The molecule has 1 unspecified atom stereocenters. The topological polar surface area (TPSA) is 72.0 Å². The Hall–Kier alpha value is -2.57. The first kappa shape index (κ1) is 21.1. The minimum absolute atomic E-state index is 0.0784. The summed E-state index contributed by atoms with van der Waals surface area (Å²) >= 11 is 6.22. The maximum absolute atomic E-state index is 12.7. The van der Waals surface area contributed by atoms with E-state index in [1.165, 1.54) is 0 Å². The predicted molar refractivity (Wildman–Crippen MR) is 116 cm³/mol. The molecule has 1 fully saturated rings. The minimum Gasteiger partial charge on any atom is -0.494 e. The van der Waals surface area contributed by atoms with Crippen LogP contribution in [0.4, 0.5) is 5.69 Å². The van der Waals surface area contributed by atoms with E-state index in [1.54, 1.807) is 24.3 Å². The summed E-state index contributed by atoms with van der Waals surface area (Å²) in [6.07, 6.45) is 2.09. The van der Waals surface area contributed by atoms with Gasteiger partial charge < -0.3 is 14.8 Å². The molecular weight excluding hydrogens is 390 g/mol. The highest BCUT2D eigenvalue weighted by atomic mass is 35.5. The zero-order valence-corrected chi connectivity index (χ0v) is 17.5. The van der Waals surface area contributed by atoms with Crippen LogP contribution in [0.3, 0.4) is 0 Å². The van der Waals surface area contributed by atoms with Gasteiger partial charge in [0, 0.05) is 22.9 Å². The summed E-state index contributed by atoms with van der Waals surface area (Å²) in [5.41, 5.74) is 2.19. The zero-order valence-electron chi connectivity index (χ0n) is 16.7. The van der Waals surface area contributed by atoms with Gasteiger partial charge in [-0.3, -0.25) is 10.1 Å². The largest absolute Gasteiger partial charge is 0.494 e. The smallest absolute Gasteiger partial charge is 0.257 e. The highest BCUT2D eigenvalue weighted by Crippen LogP contribution is 2.23. The number of hydrogen-bond acceptors (Lipinski definition) is 4. The molecule has 2 N–H and O–H groups in total. The Bertz CT molecular complexity index is 862. The highest BCUT2D eigenvalue weighted by molar-refractivity contribution is 6.31. The van der Waals surface area contributed by atoms with Crippen LogP contribution in [0, 0.1) is 6.92 Å². The maximum Gasteiger partial charge on any atom is 0.257 e. The van der Waals surface area contributed by atoms with E-state index in [0.29, 0.717) is 29.7 Å². The quantitative estimate of drug-likeness (QED) is 0.541. The van der Waals surface area contributed by atoms with Gasteiger partial charge in [-0.05, 0) is 68.7 Å². The third-order valence-corrected chi connectivity index (χ3v) is 5.07. The predicted octanol–water partition coefficient (Wildman–Crippen LogP) is 4.42. The van der Waals surface area contributed by atoms with Crippen molar-refractivity contribution in [1.82, 2.24) is 5.32 Å². The molecule has 0 spiro atoms. The van der Waals surface area contributed by atoms with Gasteiger partial charge in [0.1, 0.15) is 5.75 Å². The second kappa shape index (κ2) is 10.3. The molecule has 2 aromatic rings. The van der Waals surface area contributed by atoms with Crippen LogP contribution >= 0.6 is 11.6 Å². The summed E-state index contributed by atoms with van der Waals surface area (Å²) in [7, 11) is 0. The van der Waals surface area contributed by atoms with E-state index in [1.807, 2.05) is 32.0 Å². The lowest BCUT2D eigenvalue weighted by Crippen LogP contribution is -2.37. The number of guanidine groups is 1. The summed E-state index contributed by atoms with van der Waals surface area (Å²) in [6.45, 7) is 5.65. The van der Waals surface area contributed by atoms with E-state index in [-0.39, 0.29) is 12.0 Å². The molecule has 0 saturated carbocycles. The lowest BCUT2D eigenvalue weighted by atomic mass is 10.2. The Morgan fingerprint density at radius 2 is 2.07 bits per heavy atom. The number of rotatable bonds is 6. The Balaban J connectivity index is 1.75. The number of nitrogens with one attached hydrogen (secondary N) is 2. The molecule has 1 amide bonds. The number of benzene rings is 2. The van der Waals surface area contributed by atoms with Crippen LogP contribution < -0.4 is 15.4 Å². The lowest BCUT2D eigenvalue weighted by molar-refractivity contribution is 0.0975. The van der Waals surface area contributed by atoms with Crippen LogP contribution in [0.2, 0.25) is 5.02 Å². The van der Waals surface area contributed by atoms with Crippen molar-refractivity contribution in [3.63, 3.8) is 0 Å². The number of hydrogen-bond donors (Lipinski definition) is 2. The molecule has 1 atom stereocenters. The molecule has 0 radical (unpaired) electrons. The Labute approximate surface area is 176 Å². The van der Waals surface area contributed by atoms with Crippen molar-refractivity contribution in [2.75, 3.05) is 25.1 Å². The van der Waals surface area contributed by atoms with Gasteiger partial charge in [0.15, 0.2) is 0 Å². The summed E-state index contributed by atoms with van der Waals surface area (Å²) < 4.78 is 11.1. The average molecular weight is 416 g/mol. The second-order valence-corrected chi connectivity index (χ2v) is 7.18. The molecule has 7 heteroatoms. The number of nitrogens with zero attached hydrogens (tertiary/aromatic N) is 1. The molecule has 1 heterocycles. The standard InChI is InChI=1S/C22H26ClN3O3/c1-3-28-17-11-9-16(10-12-17)21(27)26-22(24-14-18-6-5-13-29-18)25-20-8-4-7-19(23)15(20)2/h4,7-12,18H,3,5-6,13-14H2,1-2H3,(H2,24,25,26,27). The number of halogens is 1. The number of anilines is 1. The van der Waals surface area contributed by atoms with Crippen LogP contribution in [0.15, 0.2) is 47.5 Å². The number of amides is 1. The van der Waals surface area contributed by atoms with Gasteiger partial charge in [0.25, 0.3) is 5.91 Å². The molecule has 1 saturated heterocycles. The number of ether oxygens (including phenoxy) is 2. The monoisotopic (exact) mass is 415 g/mol. The molecular formula is C22H26ClN3O3. The summed E-state index contributed by atoms with van der Waals surface area (Å²) in [5, 5.41) is 6.71. The van der Waals surface area contributed by atoms with Crippen molar-refractivity contribution in [1.29, 1.82) is 0 Å². The molecule has 0 bridgehead atoms. The van der Waals surface area contributed by atoms with E-state index in [4.69, 9.17) is 21.1 Å².